The molecule has 0 saturated carbocycles. The fourth-order valence-electron chi connectivity index (χ4n) is 1.86. The minimum Gasteiger partial charge on any atom is -0.480 e. The van der Waals surface area contributed by atoms with Gasteiger partial charge in [0.25, 0.3) is 5.91 Å². The Morgan fingerprint density at radius 3 is 2.26 bits per heavy atom. The number of carboxylic acid groups (broad SMARTS) is 1. The Morgan fingerprint density at radius 1 is 1.15 bits per heavy atom. The molecule has 0 aliphatic rings. The van der Waals surface area contributed by atoms with E-state index in [9.17, 15) is 19.5 Å². The lowest BCUT2D eigenvalue weighted by Gasteiger charge is -2.31. The summed E-state index contributed by atoms with van der Waals surface area (Å²) < 4.78 is 0. The Labute approximate surface area is 161 Å². The number of carboxylic acids is 1. The lowest BCUT2D eigenvalue weighted by atomic mass is 10.2. The summed E-state index contributed by atoms with van der Waals surface area (Å²) in [5, 5.41) is 14.3. The molecule has 1 aromatic rings. The standard InChI is InChI=1S/C20H28N2O4Si/c1-20(2,3)27(4,5)13-9-12-16(19(25)26)22-17(23)14-21-18(24)15-10-7-6-8-11-15/h6-8,10-11,16H,12,14H2,1-5H3,(H,21,24)(H,22,23)(H,25,26)/t16-/m1/s1. The van der Waals surface area contributed by atoms with Gasteiger partial charge in [-0.25, -0.2) is 4.79 Å². The van der Waals surface area contributed by atoms with Crippen LogP contribution >= 0.6 is 0 Å². The van der Waals surface area contributed by atoms with Crippen LogP contribution in [-0.2, 0) is 9.59 Å². The molecule has 0 radical (unpaired) electrons. The summed E-state index contributed by atoms with van der Waals surface area (Å²) in [6.07, 6.45) is 0.0280. The monoisotopic (exact) mass is 388 g/mol. The average molecular weight is 389 g/mol. The van der Waals surface area contributed by atoms with Gasteiger partial charge in [0.05, 0.1) is 6.54 Å². The van der Waals surface area contributed by atoms with Crippen molar-refractivity contribution in [2.75, 3.05) is 6.54 Å². The van der Waals surface area contributed by atoms with Gasteiger partial charge in [0.15, 0.2) is 0 Å². The van der Waals surface area contributed by atoms with Crippen LogP contribution in [0.3, 0.4) is 0 Å². The molecule has 0 spiro atoms. The maximum Gasteiger partial charge on any atom is 0.327 e. The highest BCUT2D eigenvalue weighted by Gasteiger charge is 2.33. The summed E-state index contributed by atoms with van der Waals surface area (Å²) in [6.45, 7) is 10.3. The summed E-state index contributed by atoms with van der Waals surface area (Å²) >= 11 is 0. The lowest BCUT2D eigenvalue weighted by Crippen LogP contribution is -2.45. The Hall–Kier alpha value is -2.59. The van der Waals surface area contributed by atoms with Crippen molar-refractivity contribution in [3.63, 3.8) is 0 Å². The number of benzene rings is 1. The minimum absolute atomic E-state index is 0.0280. The van der Waals surface area contributed by atoms with Gasteiger partial charge in [0.2, 0.25) is 5.91 Å². The quantitative estimate of drug-likeness (QED) is 0.515. The molecule has 0 heterocycles. The largest absolute Gasteiger partial charge is 0.480 e. The summed E-state index contributed by atoms with van der Waals surface area (Å²) in [5.74, 6) is 0.826. The van der Waals surface area contributed by atoms with E-state index >= 15 is 0 Å². The van der Waals surface area contributed by atoms with Gasteiger partial charge >= 0.3 is 5.97 Å². The first kappa shape index (κ1) is 22.4. The van der Waals surface area contributed by atoms with Crippen molar-refractivity contribution in [2.45, 2.75) is 51.4 Å². The van der Waals surface area contributed by atoms with E-state index in [1.807, 2.05) is 0 Å². The average Bonchev–Trinajstić information content (AvgIpc) is 2.58. The molecule has 6 nitrogen and oxygen atoms in total. The molecule has 0 aliphatic carbocycles. The number of hydrogen-bond donors (Lipinski definition) is 3. The third kappa shape index (κ3) is 7.27. The number of rotatable bonds is 6. The van der Waals surface area contributed by atoms with Crippen LogP contribution in [0.5, 0.6) is 0 Å². The predicted molar refractivity (Wildman–Crippen MR) is 108 cm³/mol. The van der Waals surface area contributed by atoms with Gasteiger partial charge < -0.3 is 15.7 Å². The molecule has 0 saturated heterocycles. The van der Waals surface area contributed by atoms with Crippen molar-refractivity contribution in [1.29, 1.82) is 0 Å². The molecule has 1 atom stereocenters. The summed E-state index contributed by atoms with van der Waals surface area (Å²) in [4.78, 5) is 35.3. The van der Waals surface area contributed by atoms with Crippen LogP contribution in [0, 0.1) is 11.5 Å². The van der Waals surface area contributed by atoms with Crippen molar-refractivity contribution in [1.82, 2.24) is 10.6 Å². The van der Waals surface area contributed by atoms with Crippen LogP contribution in [0.2, 0.25) is 18.1 Å². The molecule has 2 amide bonds. The number of carbonyl (C=O) groups is 3. The fourth-order valence-corrected chi connectivity index (χ4v) is 2.78. The van der Waals surface area contributed by atoms with Crippen LogP contribution < -0.4 is 10.6 Å². The highest BCUT2D eigenvalue weighted by atomic mass is 28.3. The van der Waals surface area contributed by atoms with Gasteiger partial charge in [-0.1, -0.05) is 52.1 Å². The number of aliphatic carboxylic acids is 1. The molecular formula is C20H28N2O4Si. The third-order valence-electron chi connectivity index (χ3n) is 4.66. The van der Waals surface area contributed by atoms with Crippen LogP contribution in [-0.4, -0.2) is 43.6 Å². The maximum atomic E-state index is 12.0. The molecule has 27 heavy (non-hydrogen) atoms. The zero-order valence-electron chi connectivity index (χ0n) is 16.6. The predicted octanol–water partition coefficient (Wildman–Crippen LogP) is 2.43. The molecule has 0 bridgehead atoms. The molecule has 1 aromatic carbocycles. The van der Waals surface area contributed by atoms with E-state index in [1.165, 1.54) is 0 Å². The van der Waals surface area contributed by atoms with Crippen molar-refractivity contribution < 1.29 is 19.5 Å². The smallest absolute Gasteiger partial charge is 0.327 e. The molecule has 0 aromatic heterocycles. The molecule has 3 N–H and O–H groups in total. The molecule has 0 fully saturated rings. The van der Waals surface area contributed by atoms with Crippen molar-refractivity contribution in [3.05, 3.63) is 35.9 Å². The first-order valence-corrected chi connectivity index (χ1v) is 11.8. The molecule has 0 unspecified atom stereocenters. The second-order valence-corrected chi connectivity index (χ2v) is 12.9. The van der Waals surface area contributed by atoms with Crippen LogP contribution in [0.4, 0.5) is 0 Å². The SMILES string of the molecule is CC(C)(C)[Si](C)(C)C#CC[C@@H](NC(=O)CNC(=O)c1ccccc1)C(=O)O. The Bertz CT molecular complexity index is 743. The summed E-state index contributed by atoms with van der Waals surface area (Å²) in [5.41, 5.74) is 3.66. The van der Waals surface area contributed by atoms with Gasteiger partial charge in [0.1, 0.15) is 14.1 Å². The Balaban J connectivity index is 2.61. The van der Waals surface area contributed by atoms with E-state index in [1.54, 1.807) is 30.3 Å². The third-order valence-corrected chi connectivity index (χ3v) is 9.21. The van der Waals surface area contributed by atoms with Crippen LogP contribution in [0.15, 0.2) is 30.3 Å². The van der Waals surface area contributed by atoms with Gasteiger partial charge in [0, 0.05) is 12.0 Å². The second-order valence-electron chi connectivity index (χ2n) is 7.89. The first-order chi connectivity index (χ1) is 12.4. The maximum absolute atomic E-state index is 12.0. The number of amides is 2. The topological polar surface area (TPSA) is 95.5 Å². The first-order valence-electron chi connectivity index (χ1n) is 8.79. The highest BCUT2D eigenvalue weighted by Crippen LogP contribution is 2.35. The van der Waals surface area contributed by atoms with Crippen LogP contribution in [0.1, 0.15) is 37.6 Å². The van der Waals surface area contributed by atoms with E-state index in [0.717, 1.165) is 0 Å². The van der Waals surface area contributed by atoms with Crippen LogP contribution in [0.25, 0.3) is 0 Å². The van der Waals surface area contributed by atoms with Crippen molar-refractivity contribution in [3.8, 4) is 11.5 Å². The normalized spacial score (nSPS) is 12.3. The molecule has 7 heteroatoms. The number of hydrogen-bond acceptors (Lipinski definition) is 3. The van der Waals surface area contributed by atoms with E-state index in [4.69, 9.17) is 0 Å². The zero-order chi connectivity index (χ0) is 20.7. The minimum atomic E-state index is -1.84. The van der Waals surface area contributed by atoms with E-state index in [-0.39, 0.29) is 18.0 Å². The van der Waals surface area contributed by atoms with Gasteiger partial charge in [-0.3, -0.25) is 9.59 Å². The van der Waals surface area contributed by atoms with E-state index in [2.05, 4.69) is 56.0 Å². The van der Waals surface area contributed by atoms with E-state index < -0.39 is 31.9 Å². The van der Waals surface area contributed by atoms with Gasteiger partial charge in [-0.2, -0.15) is 0 Å². The highest BCUT2D eigenvalue weighted by molar-refractivity contribution is 6.87. The van der Waals surface area contributed by atoms with Crippen molar-refractivity contribution >= 4 is 25.9 Å². The Morgan fingerprint density at radius 2 is 1.74 bits per heavy atom. The summed E-state index contributed by atoms with van der Waals surface area (Å²) in [6, 6.07) is 7.37. The van der Waals surface area contributed by atoms with Gasteiger partial charge in [-0.15, -0.1) is 11.5 Å². The number of nitrogens with one attached hydrogen (secondary N) is 2. The van der Waals surface area contributed by atoms with E-state index in [0.29, 0.717) is 5.56 Å². The Kier molecular flexibility index (Phi) is 7.79. The van der Waals surface area contributed by atoms with Crippen molar-refractivity contribution in [2.24, 2.45) is 0 Å². The number of carbonyl (C=O) groups excluding carboxylic acids is 2. The molecule has 146 valence electrons. The fraction of sp³-hybridized carbons (Fsp3) is 0.450. The van der Waals surface area contributed by atoms with Gasteiger partial charge in [-0.05, 0) is 17.2 Å². The molecular weight excluding hydrogens is 360 g/mol. The second kappa shape index (κ2) is 9.37. The lowest BCUT2D eigenvalue weighted by molar-refractivity contribution is -0.141. The molecule has 1 rings (SSSR count). The zero-order valence-corrected chi connectivity index (χ0v) is 17.6. The summed E-state index contributed by atoms with van der Waals surface area (Å²) in [7, 11) is -1.84. The molecule has 0 aliphatic heterocycles.